The lowest BCUT2D eigenvalue weighted by molar-refractivity contribution is 0.668. The van der Waals surface area contributed by atoms with Crippen molar-refractivity contribution in [2.45, 2.75) is 5.41 Å². The first-order valence-electron chi connectivity index (χ1n) is 23.4. The average molecular weight is 880 g/mol. The molecule has 3 aromatic heterocycles. The molecule has 0 fully saturated rings. The third-order valence-electron chi connectivity index (χ3n) is 14.6. The number of benzene rings is 10. The summed E-state index contributed by atoms with van der Waals surface area (Å²) >= 11 is 0. The van der Waals surface area contributed by atoms with Gasteiger partial charge in [0.1, 0.15) is 22.3 Å². The molecule has 0 saturated heterocycles. The largest absolute Gasteiger partial charge is 0.456 e. The number of nitrogens with zero attached hydrogens (tertiary/aromatic N) is 3. The highest BCUT2D eigenvalue weighted by Gasteiger charge is 2.51. The molecular weight excluding hydrogens is 843 g/mol. The SMILES string of the molecule is c1ccc(-c2ccccc2-c2nc(-c3cccc4oc5ccccc5c34)nc(-c3cccc4oc5ccc(-c6ccc7c(c6)C6(c8ccccc8-c8ccccc86)c6ccccc6-7)cc5c34)n2)cc1. The Kier molecular flexibility index (Phi) is 7.93. The van der Waals surface area contributed by atoms with Crippen molar-refractivity contribution in [3.05, 3.63) is 247 Å². The molecule has 5 nitrogen and oxygen atoms in total. The van der Waals surface area contributed by atoms with E-state index in [1.54, 1.807) is 0 Å². The first-order valence-corrected chi connectivity index (χ1v) is 23.4. The Morgan fingerprint density at radius 3 is 1.33 bits per heavy atom. The van der Waals surface area contributed by atoms with Crippen molar-refractivity contribution in [3.8, 4) is 78.7 Å². The van der Waals surface area contributed by atoms with E-state index in [0.717, 1.165) is 82.8 Å². The summed E-state index contributed by atoms with van der Waals surface area (Å²) in [7, 11) is 0. The van der Waals surface area contributed by atoms with Gasteiger partial charge in [-0.3, -0.25) is 0 Å². The third-order valence-corrected chi connectivity index (χ3v) is 14.6. The van der Waals surface area contributed by atoms with Gasteiger partial charge in [0.05, 0.1) is 5.41 Å². The summed E-state index contributed by atoms with van der Waals surface area (Å²) in [6.07, 6.45) is 0. The van der Waals surface area contributed by atoms with Crippen LogP contribution in [0.15, 0.2) is 233 Å². The van der Waals surface area contributed by atoms with Crippen molar-refractivity contribution < 1.29 is 8.83 Å². The number of para-hydroxylation sites is 1. The van der Waals surface area contributed by atoms with Gasteiger partial charge in [0, 0.05) is 38.2 Å². The van der Waals surface area contributed by atoms with Crippen LogP contribution in [-0.2, 0) is 5.41 Å². The highest BCUT2D eigenvalue weighted by Crippen LogP contribution is 2.63. The number of aromatic nitrogens is 3. The summed E-state index contributed by atoms with van der Waals surface area (Å²) in [5, 5.41) is 3.91. The second-order valence-corrected chi connectivity index (χ2v) is 18.1. The van der Waals surface area contributed by atoms with Gasteiger partial charge >= 0.3 is 0 Å². The van der Waals surface area contributed by atoms with Crippen LogP contribution in [0.2, 0.25) is 0 Å². The monoisotopic (exact) mass is 879 g/mol. The summed E-state index contributed by atoms with van der Waals surface area (Å²) in [5.41, 5.74) is 20.1. The smallest absolute Gasteiger partial charge is 0.164 e. The molecule has 0 atom stereocenters. The molecule has 10 aromatic carbocycles. The molecular formula is C64H37N3O2. The Labute approximate surface area is 396 Å². The molecule has 5 heteroatoms. The summed E-state index contributed by atoms with van der Waals surface area (Å²) in [6.45, 7) is 0. The first-order chi connectivity index (χ1) is 34.2. The number of hydrogen-bond donors (Lipinski definition) is 0. The van der Waals surface area contributed by atoms with Crippen LogP contribution in [-0.4, -0.2) is 15.0 Å². The van der Waals surface area contributed by atoms with E-state index in [9.17, 15) is 0 Å². The van der Waals surface area contributed by atoms with Crippen LogP contribution < -0.4 is 0 Å². The molecule has 15 rings (SSSR count). The molecule has 2 aliphatic rings. The molecule has 69 heavy (non-hydrogen) atoms. The highest BCUT2D eigenvalue weighted by molar-refractivity contribution is 6.14. The zero-order valence-electron chi connectivity index (χ0n) is 37.0. The topological polar surface area (TPSA) is 65.0 Å². The van der Waals surface area contributed by atoms with Crippen LogP contribution in [0, 0.1) is 0 Å². The summed E-state index contributed by atoms with van der Waals surface area (Å²) in [4.78, 5) is 16.1. The lowest BCUT2D eigenvalue weighted by atomic mass is 9.70. The third kappa shape index (κ3) is 5.38. The fourth-order valence-corrected chi connectivity index (χ4v) is 11.7. The zero-order chi connectivity index (χ0) is 45.2. The van der Waals surface area contributed by atoms with Crippen molar-refractivity contribution in [3.63, 3.8) is 0 Å². The van der Waals surface area contributed by atoms with E-state index in [2.05, 4.69) is 170 Å². The molecule has 13 aromatic rings. The fraction of sp³-hybridized carbons (Fsp3) is 0.0156. The minimum atomic E-state index is -0.435. The molecule has 1 spiro atoms. The minimum absolute atomic E-state index is 0.435. The second-order valence-electron chi connectivity index (χ2n) is 18.1. The van der Waals surface area contributed by atoms with Gasteiger partial charge in [0.25, 0.3) is 0 Å². The summed E-state index contributed by atoms with van der Waals surface area (Å²) in [5.74, 6) is 1.69. The predicted octanol–water partition coefficient (Wildman–Crippen LogP) is 16.3. The Morgan fingerprint density at radius 1 is 0.261 bits per heavy atom. The Morgan fingerprint density at radius 2 is 0.696 bits per heavy atom. The van der Waals surface area contributed by atoms with Gasteiger partial charge in [-0.05, 0) is 103 Å². The van der Waals surface area contributed by atoms with E-state index in [1.807, 2.05) is 54.6 Å². The maximum Gasteiger partial charge on any atom is 0.164 e. The molecule has 0 amide bonds. The van der Waals surface area contributed by atoms with E-state index in [1.165, 1.54) is 44.5 Å². The van der Waals surface area contributed by atoms with Gasteiger partial charge in [-0.1, -0.05) is 188 Å². The van der Waals surface area contributed by atoms with Gasteiger partial charge in [-0.15, -0.1) is 0 Å². The van der Waals surface area contributed by atoms with Gasteiger partial charge in [0.2, 0.25) is 0 Å². The summed E-state index contributed by atoms with van der Waals surface area (Å²) in [6, 6.07) is 79.7. The number of furan rings is 2. The Bertz CT molecular complexity index is 4210. The highest BCUT2D eigenvalue weighted by atomic mass is 16.3. The van der Waals surface area contributed by atoms with Crippen molar-refractivity contribution >= 4 is 43.9 Å². The first kappa shape index (κ1) is 38.0. The van der Waals surface area contributed by atoms with E-state index < -0.39 is 5.41 Å². The maximum absolute atomic E-state index is 6.69. The van der Waals surface area contributed by atoms with Crippen molar-refractivity contribution in [1.29, 1.82) is 0 Å². The van der Waals surface area contributed by atoms with Crippen LogP contribution in [0.5, 0.6) is 0 Å². The molecule has 0 radical (unpaired) electrons. The number of fused-ring (bicyclic) bond motifs is 16. The molecule has 0 N–H and O–H groups in total. The van der Waals surface area contributed by atoms with Gasteiger partial charge in [-0.25, -0.2) is 15.0 Å². The van der Waals surface area contributed by atoms with Crippen LogP contribution in [0.4, 0.5) is 0 Å². The van der Waals surface area contributed by atoms with Gasteiger partial charge in [0.15, 0.2) is 17.5 Å². The van der Waals surface area contributed by atoms with E-state index in [-0.39, 0.29) is 0 Å². The Balaban J connectivity index is 0.946. The molecule has 0 bridgehead atoms. The van der Waals surface area contributed by atoms with E-state index in [0.29, 0.717) is 17.5 Å². The second kappa shape index (κ2) is 14.4. The normalized spacial score (nSPS) is 13.0. The van der Waals surface area contributed by atoms with Crippen LogP contribution >= 0.6 is 0 Å². The van der Waals surface area contributed by atoms with Crippen LogP contribution in [0.25, 0.3) is 123 Å². The summed E-state index contributed by atoms with van der Waals surface area (Å²) < 4.78 is 13.1. The molecule has 2 aliphatic carbocycles. The van der Waals surface area contributed by atoms with Crippen LogP contribution in [0.3, 0.4) is 0 Å². The van der Waals surface area contributed by atoms with Gasteiger partial charge in [-0.2, -0.15) is 0 Å². The number of hydrogen-bond acceptors (Lipinski definition) is 5. The fourth-order valence-electron chi connectivity index (χ4n) is 11.7. The van der Waals surface area contributed by atoms with Crippen molar-refractivity contribution in [2.75, 3.05) is 0 Å². The van der Waals surface area contributed by atoms with E-state index >= 15 is 0 Å². The Hall–Kier alpha value is -9.19. The standard InChI is InChI=1S/C64H37N3O2/c1-2-16-38(17-3-1)41-18-4-5-22-46(41)61-65-62(48-24-14-30-57-59(48)47-23-9-13-29-55(47)68-57)67-63(66-61)49-25-15-31-58-60(49)50-36-39(33-35-56(50)69-58)40-32-34-45-44-21-8-12-28-53(44)64(54(45)37-40)51-26-10-6-19-42(51)43-20-7-11-27-52(43)64/h1-37H. The quantitative estimate of drug-likeness (QED) is 0.172. The van der Waals surface area contributed by atoms with Crippen molar-refractivity contribution in [2.24, 2.45) is 0 Å². The van der Waals surface area contributed by atoms with Crippen molar-refractivity contribution in [1.82, 2.24) is 15.0 Å². The lowest BCUT2D eigenvalue weighted by Gasteiger charge is -2.30. The molecule has 0 saturated carbocycles. The zero-order valence-corrected chi connectivity index (χ0v) is 37.0. The molecule has 0 aliphatic heterocycles. The molecule has 320 valence electrons. The molecule has 0 unspecified atom stereocenters. The maximum atomic E-state index is 6.69. The minimum Gasteiger partial charge on any atom is -0.456 e. The molecule has 3 heterocycles. The van der Waals surface area contributed by atoms with Gasteiger partial charge < -0.3 is 8.83 Å². The van der Waals surface area contributed by atoms with E-state index in [4.69, 9.17) is 23.8 Å². The van der Waals surface area contributed by atoms with Crippen LogP contribution in [0.1, 0.15) is 22.3 Å². The number of rotatable bonds is 5. The lowest BCUT2D eigenvalue weighted by Crippen LogP contribution is -2.25. The average Bonchev–Trinajstić information content (AvgIpc) is 4.16. The predicted molar refractivity (Wildman–Crippen MR) is 278 cm³/mol.